The molecule has 1 aromatic rings. The van der Waals surface area contributed by atoms with Crippen molar-refractivity contribution >= 4 is 11.6 Å². The van der Waals surface area contributed by atoms with Gasteiger partial charge in [-0.15, -0.1) is 0 Å². The minimum absolute atomic E-state index is 0.0469. The highest BCUT2D eigenvalue weighted by molar-refractivity contribution is 6.31. The van der Waals surface area contributed by atoms with Crippen molar-refractivity contribution < 1.29 is 4.74 Å². The molecule has 100 valence electrons. The number of halogens is 1. The zero-order valence-electron chi connectivity index (χ0n) is 11.1. The van der Waals surface area contributed by atoms with E-state index in [-0.39, 0.29) is 5.60 Å². The molecule has 1 aliphatic rings. The molecule has 2 rings (SSSR count). The molecule has 0 unspecified atom stereocenters. The van der Waals surface area contributed by atoms with Crippen LogP contribution in [0.3, 0.4) is 0 Å². The number of rotatable bonds is 6. The first-order valence-electron chi connectivity index (χ1n) is 6.36. The van der Waals surface area contributed by atoms with Gasteiger partial charge in [0.2, 0.25) is 0 Å². The molecule has 0 radical (unpaired) electrons. The topological polar surface area (TPSA) is 24.5 Å². The predicted octanol–water partition coefficient (Wildman–Crippen LogP) is 2.15. The van der Waals surface area contributed by atoms with Gasteiger partial charge in [0.15, 0.2) is 0 Å². The van der Waals surface area contributed by atoms with Gasteiger partial charge in [-0.25, -0.2) is 0 Å². The van der Waals surface area contributed by atoms with E-state index in [2.05, 4.69) is 30.3 Å². The van der Waals surface area contributed by atoms with Gasteiger partial charge >= 0.3 is 0 Å². The lowest BCUT2D eigenvalue weighted by atomic mass is 10.0. The van der Waals surface area contributed by atoms with Gasteiger partial charge in [0, 0.05) is 31.2 Å². The minimum atomic E-state index is 0.0469. The molecule has 1 fully saturated rings. The Hall–Kier alpha value is -0.610. The normalized spacial score (nSPS) is 17.8. The lowest BCUT2D eigenvalue weighted by molar-refractivity contribution is -0.0712. The Kier molecular flexibility index (Phi) is 4.62. The van der Waals surface area contributed by atoms with Crippen molar-refractivity contribution in [3.63, 3.8) is 0 Å². The fraction of sp³-hybridized carbons (Fsp3) is 0.571. The van der Waals surface area contributed by atoms with Gasteiger partial charge in [-0.1, -0.05) is 29.8 Å². The second kappa shape index (κ2) is 6.02. The van der Waals surface area contributed by atoms with Crippen LogP contribution in [-0.2, 0) is 11.3 Å². The van der Waals surface area contributed by atoms with Crippen LogP contribution in [0.2, 0.25) is 5.02 Å². The summed E-state index contributed by atoms with van der Waals surface area (Å²) in [6.45, 7) is 6.61. The molecule has 18 heavy (non-hydrogen) atoms. The average Bonchev–Trinajstić information content (AvgIpc) is 2.30. The van der Waals surface area contributed by atoms with Crippen LogP contribution in [0.4, 0.5) is 0 Å². The fourth-order valence-corrected chi connectivity index (χ4v) is 2.22. The second-order valence-electron chi connectivity index (χ2n) is 5.23. The zero-order chi connectivity index (χ0) is 13.0. The molecule has 0 bridgehead atoms. The van der Waals surface area contributed by atoms with Crippen LogP contribution in [0, 0.1) is 0 Å². The molecule has 0 amide bonds. The predicted molar refractivity (Wildman–Crippen MR) is 75.0 cm³/mol. The lowest BCUT2D eigenvalue weighted by Gasteiger charge is -2.39. The van der Waals surface area contributed by atoms with E-state index in [1.807, 2.05) is 18.2 Å². The van der Waals surface area contributed by atoms with E-state index < -0.39 is 0 Å². The summed E-state index contributed by atoms with van der Waals surface area (Å²) in [5.74, 6) is 0. The van der Waals surface area contributed by atoms with E-state index in [1.165, 1.54) is 0 Å². The van der Waals surface area contributed by atoms with Crippen molar-refractivity contribution in [2.75, 3.05) is 33.3 Å². The molecular weight excluding hydrogens is 248 g/mol. The van der Waals surface area contributed by atoms with Crippen molar-refractivity contribution in [1.82, 2.24) is 10.2 Å². The first-order chi connectivity index (χ1) is 8.59. The van der Waals surface area contributed by atoms with Crippen molar-refractivity contribution in [3.8, 4) is 0 Å². The Labute approximate surface area is 114 Å². The van der Waals surface area contributed by atoms with E-state index >= 15 is 0 Å². The summed E-state index contributed by atoms with van der Waals surface area (Å²) in [4.78, 5) is 2.23. The van der Waals surface area contributed by atoms with E-state index in [0.717, 1.165) is 43.4 Å². The Balaban J connectivity index is 1.72. The van der Waals surface area contributed by atoms with Crippen LogP contribution in [0.25, 0.3) is 0 Å². The SMILES string of the molecule is CN(CCOC1(C)CNC1)Cc1ccccc1Cl. The Bertz CT molecular complexity index is 393. The van der Waals surface area contributed by atoms with Gasteiger partial charge in [0.05, 0.1) is 12.2 Å². The van der Waals surface area contributed by atoms with Gasteiger partial charge in [0.25, 0.3) is 0 Å². The molecule has 0 atom stereocenters. The van der Waals surface area contributed by atoms with Crippen LogP contribution in [0.5, 0.6) is 0 Å². The fourth-order valence-electron chi connectivity index (χ4n) is 2.02. The third kappa shape index (κ3) is 3.69. The number of nitrogens with zero attached hydrogens (tertiary/aromatic N) is 1. The van der Waals surface area contributed by atoms with E-state index in [1.54, 1.807) is 0 Å². The van der Waals surface area contributed by atoms with E-state index in [0.29, 0.717) is 0 Å². The summed E-state index contributed by atoms with van der Waals surface area (Å²) >= 11 is 6.14. The molecule has 4 heteroatoms. The first kappa shape index (κ1) is 13.8. The molecule has 0 saturated carbocycles. The number of hydrogen-bond donors (Lipinski definition) is 1. The number of nitrogens with one attached hydrogen (secondary N) is 1. The third-order valence-electron chi connectivity index (χ3n) is 3.32. The number of hydrogen-bond acceptors (Lipinski definition) is 3. The highest BCUT2D eigenvalue weighted by atomic mass is 35.5. The monoisotopic (exact) mass is 268 g/mol. The highest BCUT2D eigenvalue weighted by Gasteiger charge is 2.32. The molecule has 1 aliphatic heterocycles. The molecule has 0 aliphatic carbocycles. The van der Waals surface area contributed by atoms with Crippen LogP contribution in [0.1, 0.15) is 12.5 Å². The molecular formula is C14H21ClN2O. The van der Waals surface area contributed by atoms with Gasteiger partial charge in [-0.2, -0.15) is 0 Å². The van der Waals surface area contributed by atoms with Crippen LogP contribution >= 0.6 is 11.6 Å². The standard InChI is InChI=1S/C14H21ClN2O/c1-14(10-16-11-14)18-8-7-17(2)9-12-5-3-4-6-13(12)15/h3-6,16H,7-11H2,1-2H3. The van der Waals surface area contributed by atoms with Gasteiger partial charge in [-0.05, 0) is 25.6 Å². The Morgan fingerprint density at radius 1 is 1.39 bits per heavy atom. The molecule has 1 heterocycles. The van der Waals surface area contributed by atoms with E-state index in [9.17, 15) is 0 Å². The summed E-state index contributed by atoms with van der Waals surface area (Å²) in [7, 11) is 2.09. The zero-order valence-corrected chi connectivity index (χ0v) is 11.8. The van der Waals surface area contributed by atoms with Crippen LogP contribution in [0.15, 0.2) is 24.3 Å². The molecule has 1 aromatic carbocycles. The highest BCUT2D eigenvalue weighted by Crippen LogP contribution is 2.17. The van der Waals surface area contributed by atoms with Gasteiger partial charge in [0.1, 0.15) is 0 Å². The number of benzene rings is 1. The molecule has 1 N–H and O–H groups in total. The lowest BCUT2D eigenvalue weighted by Crippen LogP contribution is -2.59. The summed E-state index contributed by atoms with van der Waals surface area (Å²) in [6.07, 6.45) is 0. The Morgan fingerprint density at radius 2 is 2.11 bits per heavy atom. The summed E-state index contributed by atoms with van der Waals surface area (Å²) < 4.78 is 5.87. The molecule has 0 spiro atoms. The Morgan fingerprint density at radius 3 is 2.72 bits per heavy atom. The van der Waals surface area contributed by atoms with Crippen molar-refractivity contribution in [2.45, 2.75) is 19.1 Å². The second-order valence-corrected chi connectivity index (χ2v) is 5.64. The minimum Gasteiger partial charge on any atom is -0.371 e. The van der Waals surface area contributed by atoms with E-state index in [4.69, 9.17) is 16.3 Å². The van der Waals surface area contributed by atoms with Crippen molar-refractivity contribution in [3.05, 3.63) is 34.9 Å². The maximum Gasteiger partial charge on any atom is 0.0902 e. The summed E-state index contributed by atoms with van der Waals surface area (Å²) in [6, 6.07) is 7.98. The molecule has 1 saturated heterocycles. The average molecular weight is 269 g/mol. The largest absolute Gasteiger partial charge is 0.371 e. The maximum absolute atomic E-state index is 6.14. The number of ether oxygens (including phenoxy) is 1. The third-order valence-corrected chi connectivity index (χ3v) is 3.69. The van der Waals surface area contributed by atoms with Crippen molar-refractivity contribution in [1.29, 1.82) is 0 Å². The van der Waals surface area contributed by atoms with Crippen LogP contribution < -0.4 is 5.32 Å². The maximum atomic E-state index is 6.14. The smallest absolute Gasteiger partial charge is 0.0902 e. The molecule has 3 nitrogen and oxygen atoms in total. The van der Waals surface area contributed by atoms with Gasteiger partial charge in [-0.3, -0.25) is 4.90 Å². The quantitative estimate of drug-likeness (QED) is 0.856. The summed E-state index contributed by atoms with van der Waals surface area (Å²) in [5, 5.41) is 4.06. The van der Waals surface area contributed by atoms with Crippen molar-refractivity contribution in [2.24, 2.45) is 0 Å². The van der Waals surface area contributed by atoms with Crippen LogP contribution in [-0.4, -0.2) is 43.8 Å². The first-order valence-corrected chi connectivity index (χ1v) is 6.73. The van der Waals surface area contributed by atoms with Gasteiger partial charge < -0.3 is 10.1 Å². The number of likely N-dealkylation sites (N-methyl/N-ethyl adjacent to an activating group) is 1. The molecule has 0 aromatic heterocycles. The summed E-state index contributed by atoms with van der Waals surface area (Å²) in [5.41, 5.74) is 1.21.